The van der Waals surface area contributed by atoms with Crippen LogP contribution in [0.5, 0.6) is 0 Å². The fourth-order valence-electron chi connectivity index (χ4n) is 3.15. The number of carboxylic acids is 1. The predicted molar refractivity (Wildman–Crippen MR) is 116 cm³/mol. The van der Waals surface area contributed by atoms with Crippen molar-refractivity contribution in [1.82, 2.24) is 4.90 Å². The van der Waals surface area contributed by atoms with Crippen molar-refractivity contribution in [2.45, 2.75) is 31.7 Å². The number of carbonyl (C=O) groups excluding carboxylic acids is 3. The second kappa shape index (κ2) is 12.1. The van der Waals surface area contributed by atoms with Gasteiger partial charge in [0, 0.05) is 24.6 Å². The molecule has 1 saturated heterocycles. The molecular weight excluding hydrogens is 396 g/mol. The molecule has 1 aliphatic heterocycles. The molecular formula is C24H26N2O5. The molecule has 2 aromatic rings. The van der Waals surface area contributed by atoms with Crippen LogP contribution in [0, 0.1) is 0 Å². The minimum Gasteiger partial charge on any atom is -0.480 e. The maximum atomic E-state index is 12.0. The van der Waals surface area contributed by atoms with Crippen molar-refractivity contribution >= 4 is 23.6 Å². The summed E-state index contributed by atoms with van der Waals surface area (Å²) >= 11 is 0. The highest BCUT2D eigenvalue weighted by molar-refractivity contribution is 5.99. The second-order valence-electron chi connectivity index (χ2n) is 7.04. The molecule has 162 valence electrons. The summed E-state index contributed by atoms with van der Waals surface area (Å²) in [6, 6.07) is 17.6. The molecule has 31 heavy (non-hydrogen) atoms. The number of amides is 2. The number of hydrogen-bond acceptors (Lipinski definition) is 4. The van der Waals surface area contributed by atoms with Gasteiger partial charge in [0.05, 0.1) is 0 Å². The summed E-state index contributed by atoms with van der Waals surface area (Å²) in [5.41, 5.74) is 6.60. The van der Waals surface area contributed by atoms with Crippen LogP contribution in [0.2, 0.25) is 0 Å². The molecule has 1 heterocycles. The SMILES string of the molecule is NC(=O)c1ccccc1.O=C(C=CC(=O)N1CCCC1C(=O)O)CCc1ccccc1. The van der Waals surface area contributed by atoms with Crippen molar-refractivity contribution in [2.24, 2.45) is 5.73 Å². The first-order valence-corrected chi connectivity index (χ1v) is 10.0. The zero-order valence-corrected chi connectivity index (χ0v) is 17.1. The van der Waals surface area contributed by atoms with Gasteiger partial charge in [-0.3, -0.25) is 14.4 Å². The van der Waals surface area contributed by atoms with Crippen molar-refractivity contribution in [3.63, 3.8) is 0 Å². The average molecular weight is 422 g/mol. The topological polar surface area (TPSA) is 118 Å². The number of hydrogen-bond donors (Lipinski definition) is 2. The highest BCUT2D eigenvalue weighted by Crippen LogP contribution is 2.17. The lowest BCUT2D eigenvalue weighted by molar-refractivity contribution is -0.146. The zero-order valence-electron chi connectivity index (χ0n) is 17.1. The van der Waals surface area contributed by atoms with E-state index in [4.69, 9.17) is 10.8 Å². The minimum absolute atomic E-state index is 0.136. The Balaban J connectivity index is 0.000000316. The number of benzene rings is 2. The minimum atomic E-state index is -0.991. The largest absolute Gasteiger partial charge is 0.480 e. The fourth-order valence-corrected chi connectivity index (χ4v) is 3.15. The number of nitrogens with zero attached hydrogens (tertiary/aromatic N) is 1. The van der Waals surface area contributed by atoms with Crippen LogP contribution in [0.25, 0.3) is 0 Å². The molecule has 2 aromatic carbocycles. The van der Waals surface area contributed by atoms with Gasteiger partial charge in [-0.25, -0.2) is 4.79 Å². The fraction of sp³-hybridized carbons (Fsp3) is 0.250. The number of allylic oxidation sites excluding steroid dienone is 1. The van der Waals surface area contributed by atoms with E-state index < -0.39 is 17.9 Å². The van der Waals surface area contributed by atoms with Gasteiger partial charge < -0.3 is 15.7 Å². The molecule has 1 fully saturated rings. The molecule has 0 bridgehead atoms. The van der Waals surface area contributed by atoms with Crippen LogP contribution in [0.3, 0.4) is 0 Å². The molecule has 0 aliphatic carbocycles. The molecule has 2 amide bonds. The van der Waals surface area contributed by atoms with Gasteiger partial charge in [-0.15, -0.1) is 0 Å². The molecule has 1 atom stereocenters. The number of nitrogens with two attached hydrogens (primary N) is 1. The van der Waals surface area contributed by atoms with Crippen LogP contribution >= 0.6 is 0 Å². The van der Waals surface area contributed by atoms with Gasteiger partial charge >= 0.3 is 5.97 Å². The summed E-state index contributed by atoms with van der Waals surface area (Å²) < 4.78 is 0. The molecule has 3 N–H and O–H groups in total. The Morgan fingerprint density at radius 1 is 0.968 bits per heavy atom. The number of aliphatic carboxylic acids is 1. The Kier molecular flexibility index (Phi) is 9.16. The van der Waals surface area contributed by atoms with E-state index >= 15 is 0 Å². The van der Waals surface area contributed by atoms with Crippen LogP contribution in [0.1, 0.15) is 35.2 Å². The van der Waals surface area contributed by atoms with Gasteiger partial charge in [0.15, 0.2) is 5.78 Å². The third-order valence-electron chi connectivity index (χ3n) is 4.79. The first-order chi connectivity index (χ1) is 14.9. The van der Waals surface area contributed by atoms with Crippen LogP contribution < -0.4 is 5.73 Å². The van der Waals surface area contributed by atoms with Crippen molar-refractivity contribution in [1.29, 1.82) is 0 Å². The summed E-state index contributed by atoms with van der Waals surface area (Å²) in [6.07, 6.45) is 4.54. The van der Waals surface area contributed by atoms with E-state index in [9.17, 15) is 19.2 Å². The van der Waals surface area contributed by atoms with Crippen molar-refractivity contribution in [2.75, 3.05) is 6.54 Å². The van der Waals surface area contributed by atoms with Gasteiger partial charge in [-0.05, 0) is 43.0 Å². The Labute approximate surface area is 181 Å². The number of likely N-dealkylation sites (tertiary alicyclic amines) is 1. The van der Waals surface area contributed by atoms with Crippen molar-refractivity contribution in [3.8, 4) is 0 Å². The molecule has 7 nitrogen and oxygen atoms in total. The monoisotopic (exact) mass is 422 g/mol. The highest BCUT2D eigenvalue weighted by atomic mass is 16.4. The molecule has 3 rings (SSSR count). The second-order valence-corrected chi connectivity index (χ2v) is 7.04. The average Bonchev–Trinajstić information content (AvgIpc) is 3.28. The van der Waals surface area contributed by atoms with Crippen molar-refractivity contribution in [3.05, 3.63) is 83.9 Å². The van der Waals surface area contributed by atoms with Crippen molar-refractivity contribution < 1.29 is 24.3 Å². The number of aryl methyl sites for hydroxylation is 1. The highest BCUT2D eigenvalue weighted by Gasteiger charge is 2.32. The Hall–Kier alpha value is -3.74. The third-order valence-corrected chi connectivity index (χ3v) is 4.79. The van der Waals surface area contributed by atoms with E-state index in [1.165, 1.54) is 17.1 Å². The van der Waals surface area contributed by atoms with E-state index in [0.717, 1.165) is 5.56 Å². The maximum Gasteiger partial charge on any atom is 0.326 e. The Morgan fingerprint density at radius 3 is 2.13 bits per heavy atom. The van der Waals surface area contributed by atoms with Gasteiger partial charge in [0.1, 0.15) is 6.04 Å². The van der Waals surface area contributed by atoms with E-state index in [0.29, 0.717) is 37.8 Å². The first kappa shape index (κ1) is 23.5. The van der Waals surface area contributed by atoms with Crippen LogP contribution in [-0.2, 0) is 20.8 Å². The summed E-state index contributed by atoms with van der Waals surface area (Å²) in [5.74, 6) is -1.91. The lowest BCUT2D eigenvalue weighted by atomic mass is 10.1. The summed E-state index contributed by atoms with van der Waals surface area (Å²) in [6.45, 7) is 0.429. The Morgan fingerprint density at radius 2 is 1.58 bits per heavy atom. The molecule has 0 spiro atoms. The number of rotatable bonds is 7. The lowest BCUT2D eigenvalue weighted by Gasteiger charge is -2.19. The molecule has 7 heteroatoms. The van der Waals surface area contributed by atoms with E-state index in [-0.39, 0.29) is 11.7 Å². The first-order valence-electron chi connectivity index (χ1n) is 10.0. The van der Waals surface area contributed by atoms with E-state index in [2.05, 4.69) is 0 Å². The Bertz CT molecular complexity index is 926. The smallest absolute Gasteiger partial charge is 0.326 e. The quantitative estimate of drug-likeness (QED) is 0.665. The van der Waals surface area contributed by atoms with Gasteiger partial charge in [0.2, 0.25) is 11.8 Å². The summed E-state index contributed by atoms with van der Waals surface area (Å²) in [5, 5.41) is 9.04. The van der Waals surface area contributed by atoms with E-state index in [1.54, 1.807) is 24.3 Å². The maximum absolute atomic E-state index is 12.0. The summed E-state index contributed by atoms with van der Waals surface area (Å²) in [4.78, 5) is 46.5. The molecule has 0 aromatic heterocycles. The van der Waals surface area contributed by atoms with Gasteiger partial charge in [-0.2, -0.15) is 0 Å². The predicted octanol–water partition coefficient (Wildman–Crippen LogP) is 2.61. The lowest BCUT2D eigenvalue weighted by Crippen LogP contribution is -2.39. The normalized spacial score (nSPS) is 15.2. The van der Waals surface area contributed by atoms with Crippen LogP contribution in [0.15, 0.2) is 72.8 Å². The van der Waals surface area contributed by atoms with Gasteiger partial charge in [-0.1, -0.05) is 48.5 Å². The number of carboxylic acid groups (broad SMARTS) is 1. The molecule has 1 aliphatic rings. The van der Waals surface area contributed by atoms with E-state index in [1.807, 2.05) is 36.4 Å². The summed E-state index contributed by atoms with van der Waals surface area (Å²) in [7, 11) is 0. The third kappa shape index (κ3) is 7.89. The number of ketones is 1. The van der Waals surface area contributed by atoms with Crippen LogP contribution in [-0.4, -0.2) is 46.2 Å². The molecule has 0 saturated carbocycles. The number of carbonyl (C=O) groups is 4. The van der Waals surface area contributed by atoms with Crippen LogP contribution in [0.4, 0.5) is 0 Å². The van der Waals surface area contributed by atoms with Gasteiger partial charge in [0.25, 0.3) is 0 Å². The molecule has 0 radical (unpaired) electrons. The number of primary amides is 1. The molecule has 1 unspecified atom stereocenters. The standard InChI is InChI=1S/C17H19NO4.C7H7NO/c19-14(9-8-13-5-2-1-3-6-13)10-11-16(20)18-12-4-7-15(18)17(21)22;8-7(9)6-4-2-1-3-5-6/h1-3,5-6,10-11,15H,4,7-9,12H2,(H,21,22);1-5H,(H2,8,9). The zero-order chi connectivity index (χ0) is 22.6.